The van der Waals surface area contributed by atoms with Gasteiger partial charge < -0.3 is 26.3 Å². The second kappa shape index (κ2) is 8.99. The van der Waals surface area contributed by atoms with Crippen molar-refractivity contribution in [3.8, 4) is 5.75 Å². The number of ketones is 1. The van der Waals surface area contributed by atoms with E-state index in [1.807, 2.05) is 31.2 Å². The van der Waals surface area contributed by atoms with Crippen LogP contribution in [0.4, 0.5) is 0 Å². The van der Waals surface area contributed by atoms with Crippen molar-refractivity contribution in [2.45, 2.75) is 33.2 Å². The van der Waals surface area contributed by atoms with Crippen LogP contribution in [-0.2, 0) is 6.54 Å². The largest absolute Gasteiger partial charge is 1.00 e. The van der Waals surface area contributed by atoms with Crippen LogP contribution < -0.4 is 21.7 Å². The third-order valence-electron chi connectivity index (χ3n) is 4.43. The summed E-state index contributed by atoms with van der Waals surface area (Å²) >= 11 is 0. The van der Waals surface area contributed by atoms with Crippen LogP contribution in [0.1, 0.15) is 42.7 Å². The Bertz CT molecular complexity index is 747. The molecule has 0 atom stereocenters. The van der Waals surface area contributed by atoms with Crippen molar-refractivity contribution in [2.75, 3.05) is 19.7 Å². The third kappa shape index (κ3) is 4.40. The maximum Gasteiger partial charge on any atom is 0.227 e. The predicted molar refractivity (Wildman–Crippen MR) is 95.4 cm³/mol. The van der Waals surface area contributed by atoms with Crippen LogP contribution in [-0.4, -0.2) is 40.3 Å². The Hall–Kier alpha value is -1.88. The number of carbonyl (C=O) groups excluding carboxylic acids is 1. The summed E-state index contributed by atoms with van der Waals surface area (Å²) in [5.74, 6) is 0.967. The normalized spacial score (nSPS) is 13.2. The number of ether oxygens (including phenoxy) is 1. The molecular formula is C20H25BrN2O2. The van der Waals surface area contributed by atoms with Gasteiger partial charge in [-0.15, -0.1) is 0 Å². The molecule has 1 aromatic heterocycles. The molecule has 0 saturated heterocycles. The molecule has 1 aliphatic heterocycles. The fraction of sp³-hybridized carbons (Fsp3) is 0.400. The highest BCUT2D eigenvalue weighted by molar-refractivity contribution is 5.99. The maximum atomic E-state index is 12.7. The summed E-state index contributed by atoms with van der Waals surface area (Å²) in [6.07, 6.45) is 4.20. The van der Waals surface area contributed by atoms with Gasteiger partial charge in [0.1, 0.15) is 11.4 Å². The maximum absolute atomic E-state index is 12.7. The highest BCUT2D eigenvalue weighted by atomic mass is 79.9. The number of rotatable bonds is 7. The lowest BCUT2D eigenvalue weighted by atomic mass is 10.1. The average Bonchev–Trinajstić information content (AvgIpc) is 3.07. The van der Waals surface area contributed by atoms with Crippen LogP contribution in [0.25, 0.3) is 0 Å². The summed E-state index contributed by atoms with van der Waals surface area (Å²) in [6.45, 7) is 7.04. The van der Waals surface area contributed by atoms with Crippen LogP contribution >= 0.6 is 0 Å². The van der Waals surface area contributed by atoms with Gasteiger partial charge in [-0.25, -0.2) is 4.58 Å². The number of hydrogen-bond acceptors (Lipinski definition) is 2. The molecule has 0 saturated carbocycles. The molecule has 3 rings (SSSR count). The van der Waals surface area contributed by atoms with E-state index >= 15 is 0 Å². The van der Waals surface area contributed by atoms with E-state index in [9.17, 15) is 4.79 Å². The van der Waals surface area contributed by atoms with E-state index in [0.29, 0.717) is 13.2 Å². The molecule has 0 unspecified atom stereocenters. The van der Waals surface area contributed by atoms with Gasteiger partial charge in [0.05, 0.1) is 13.2 Å². The van der Waals surface area contributed by atoms with E-state index in [2.05, 4.69) is 34.4 Å². The molecule has 2 aromatic rings. The fourth-order valence-corrected chi connectivity index (χ4v) is 3.26. The summed E-state index contributed by atoms with van der Waals surface area (Å²) in [7, 11) is 0. The van der Waals surface area contributed by atoms with E-state index in [-0.39, 0.29) is 22.8 Å². The number of fused-ring (bicyclic) bond motifs is 1. The smallest absolute Gasteiger partial charge is 0.227 e. The van der Waals surface area contributed by atoms with Crippen molar-refractivity contribution in [1.29, 1.82) is 0 Å². The lowest BCUT2D eigenvalue weighted by molar-refractivity contribution is -0.519. The minimum absolute atomic E-state index is 0. The first-order valence-corrected chi connectivity index (χ1v) is 8.75. The van der Waals surface area contributed by atoms with Crippen LogP contribution in [0.3, 0.4) is 0 Å². The van der Waals surface area contributed by atoms with Crippen LogP contribution in [0.15, 0.2) is 42.6 Å². The van der Waals surface area contributed by atoms with Crippen molar-refractivity contribution in [1.82, 2.24) is 4.57 Å². The van der Waals surface area contributed by atoms with E-state index in [1.165, 1.54) is 11.4 Å². The van der Waals surface area contributed by atoms with Gasteiger partial charge in [-0.1, -0.05) is 6.92 Å². The van der Waals surface area contributed by atoms with Gasteiger partial charge in [0, 0.05) is 18.2 Å². The molecule has 0 N–H and O–H groups in total. The molecule has 0 radical (unpaired) electrons. The SMILES string of the molecule is CCCC1=[N+](CC(=O)c2ccc(OCC)cc2)CCn2cccc21.[Br-]. The van der Waals surface area contributed by atoms with Crippen molar-refractivity contribution in [3.05, 3.63) is 53.9 Å². The molecule has 1 aromatic carbocycles. The minimum atomic E-state index is 0. The van der Waals surface area contributed by atoms with Crippen molar-refractivity contribution >= 4 is 11.5 Å². The zero-order valence-electron chi connectivity index (χ0n) is 14.9. The molecule has 4 nitrogen and oxygen atoms in total. The first kappa shape index (κ1) is 19.4. The number of nitrogens with zero attached hydrogens (tertiary/aromatic N) is 2. The molecule has 5 heteroatoms. The third-order valence-corrected chi connectivity index (χ3v) is 4.43. The van der Waals surface area contributed by atoms with Crippen molar-refractivity contribution in [3.63, 3.8) is 0 Å². The Morgan fingerprint density at radius 2 is 1.96 bits per heavy atom. The summed E-state index contributed by atoms with van der Waals surface area (Å²) in [6, 6.07) is 11.7. The second-order valence-corrected chi connectivity index (χ2v) is 6.09. The molecule has 1 aliphatic rings. The quantitative estimate of drug-likeness (QED) is 0.494. The minimum Gasteiger partial charge on any atom is -1.00 e. The zero-order chi connectivity index (χ0) is 16.9. The molecule has 0 fully saturated rings. The summed E-state index contributed by atoms with van der Waals surface area (Å²) < 4.78 is 9.97. The first-order valence-electron chi connectivity index (χ1n) is 8.75. The van der Waals surface area contributed by atoms with E-state index in [0.717, 1.165) is 37.2 Å². The standard InChI is InChI=1S/C20H25N2O2.BrH/c1-3-6-18-19-7-5-12-21(19)13-14-22(18)15-20(23)16-8-10-17(11-9-16)24-4-2;/h5,7-12H,3-4,6,13-15H2,1-2H3;1H/q+1;/p-1. The number of carbonyl (C=O) groups is 1. The highest BCUT2D eigenvalue weighted by Crippen LogP contribution is 2.15. The molecule has 0 amide bonds. The van der Waals surface area contributed by atoms with Gasteiger partial charge in [-0.05, 0) is 49.7 Å². The molecular weight excluding hydrogens is 380 g/mol. The lowest BCUT2D eigenvalue weighted by Gasteiger charge is -2.18. The summed E-state index contributed by atoms with van der Waals surface area (Å²) in [5, 5.41) is 0. The highest BCUT2D eigenvalue weighted by Gasteiger charge is 2.26. The Morgan fingerprint density at radius 3 is 2.64 bits per heavy atom. The van der Waals surface area contributed by atoms with Gasteiger partial charge in [-0.3, -0.25) is 4.79 Å². The topological polar surface area (TPSA) is 34.2 Å². The lowest BCUT2D eigenvalue weighted by Crippen LogP contribution is -3.00. The number of aromatic nitrogens is 1. The Labute approximate surface area is 159 Å². The Kier molecular flexibility index (Phi) is 7.00. The molecule has 0 bridgehead atoms. The summed E-state index contributed by atoms with van der Waals surface area (Å²) in [4.78, 5) is 12.7. The molecule has 0 spiro atoms. The van der Waals surface area contributed by atoms with Crippen LogP contribution in [0, 0.1) is 0 Å². The molecule has 25 heavy (non-hydrogen) atoms. The first-order chi connectivity index (χ1) is 11.7. The summed E-state index contributed by atoms with van der Waals surface area (Å²) in [5.41, 5.74) is 3.28. The molecule has 0 aliphatic carbocycles. The number of Topliss-reactive ketones (excluding diaryl/α,β-unsaturated/α-hetero) is 1. The second-order valence-electron chi connectivity index (χ2n) is 6.09. The number of benzene rings is 1. The Balaban J connectivity index is 0.00000225. The number of halogens is 1. The van der Waals surface area contributed by atoms with Crippen molar-refractivity contribution < 1.29 is 31.1 Å². The van der Waals surface area contributed by atoms with Gasteiger partial charge in [0.25, 0.3) is 0 Å². The molecule has 134 valence electrons. The van der Waals surface area contributed by atoms with Gasteiger partial charge in [0.15, 0.2) is 12.3 Å². The average molecular weight is 405 g/mol. The van der Waals surface area contributed by atoms with Gasteiger partial charge in [0.2, 0.25) is 12.3 Å². The molecule has 2 heterocycles. The van der Waals surface area contributed by atoms with Crippen LogP contribution in [0.5, 0.6) is 5.75 Å². The van der Waals surface area contributed by atoms with Crippen molar-refractivity contribution in [2.24, 2.45) is 0 Å². The van der Waals surface area contributed by atoms with E-state index < -0.39 is 0 Å². The van der Waals surface area contributed by atoms with Gasteiger partial charge >= 0.3 is 0 Å². The Morgan fingerprint density at radius 1 is 1.20 bits per heavy atom. The van der Waals surface area contributed by atoms with E-state index in [4.69, 9.17) is 4.74 Å². The zero-order valence-corrected chi connectivity index (χ0v) is 16.5. The predicted octanol–water partition coefficient (Wildman–Crippen LogP) is 0.389. The van der Waals surface area contributed by atoms with Crippen LogP contribution in [0.2, 0.25) is 0 Å². The fourth-order valence-electron chi connectivity index (χ4n) is 3.26. The number of hydrogen-bond donors (Lipinski definition) is 0. The van der Waals surface area contributed by atoms with E-state index in [1.54, 1.807) is 0 Å². The van der Waals surface area contributed by atoms with Gasteiger partial charge in [-0.2, -0.15) is 0 Å². The monoisotopic (exact) mass is 404 g/mol.